The maximum absolute atomic E-state index is 12.7. The molecular formula is C20H21N3O6. The minimum Gasteiger partial charge on any atom is -0.452 e. The molecule has 3 heterocycles. The second-order valence-electron chi connectivity index (χ2n) is 7.39. The van der Waals surface area contributed by atoms with Crippen molar-refractivity contribution in [1.82, 2.24) is 15.0 Å². The van der Waals surface area contributed by atoms with E-state index in [2.05, 4.69) is 10.1 Å². The maximum atomic E-state index is 12.7. The third-order valence-corrected chi connectivity index (χ3v) is 4.94. The van der Waals surface area contributed by atoms with Crippen LogP contribution in [0.25, 0.3) is 0 Å². The minimum absolute atomic E-state index is 0.0982. The van der Waals surface area contributed by atoms with Gasteiger partial charge in [-0.3, -0.25) is 14.5 Å². The molecule has 0 bridgehead atoms. The molecule has 1 aromatic heterocycles. The van der Waals surface area contributed by atoms with E-state index in [-0.39, 0.29) is 53.7 Å². The molecule has 9 heteroatoms. The third-order valence-electron chi connectivity index (χ3n) is 4.94. The van der Waals surface area contributed by atoms with Crippen LogP contribution in [0.15, 0.2) is 22.7 Å². The third kappa shape index (κ3) is 3.77. The molecule has 1 aromatic carbocycles. The van der Waals surface area contributed by atoms with Crippen LogP contribution in [0.4, 0.5) is 0 Å². The lowest BCUT2D eigenvalue weighted by molar-refractivity contribution is 0.0429. The average molecular weight is 399 g/mol. The molecular weight excluding hydrogens is 378 g/mol. The molecule has 2 aromatic rings. The number of hydrogen-bond acceptors (Lipinski definition) is 8. The van der Waals surface area contributed by atoms with Crippen molar-refractivity contribution in [1.29, 1.82) is 0 Å². The molecule has 2 amide bonds. The lowest BCUT2D eigenvalue weighted by Gasteiger charge is -2.17. The van der Waals surface area contributed by atoms with Crippen LogP contribution in [-0.2, 0) is 16.1 Å². The summed E-state index contributed by atoms with van der Waals surface area (Å²) < 4.78 is 15.8. The van der Waals surface area contributed by atoms with E-state index in [0.717, 1.165) is 12.8 Å². The predicted molar refractivity (Wildman–Crippen MR) is 98.3 cm³/mol. The molecule has 0 N–H and O–H groups in total. The summed E-state index contributed by atoms with van der Waals surface area (Å²) >= 11 is 0. The highest BCUT2D eigenvalue weighted by atomic mass is 16.6. The molecule has 0 aliphatic carbocycles. The van der Waals surface area contributed by atoms with E-state index in [1.807, 2.05) is 13.8 Å². The van der Waals surface area contributed by atoms with Crippen molar-refractivity contribution in [2.24, 2.45) is 0 Å². The summed E-state index contributed by atoms with van der Waals surface area (Å²) in [6, 6.07) is 4.33. The van der Waals surface area contributed by atoms with Gasteiger partial charge < -0.3 is 14.0 Å². The minimum atomic E-state index is -0.644. The Balaban J connectivity index is 1.44. The van der Waals surface area contributed by atoms with Crippen LogP contribution in [0.3, 0.4) is 0 Å². The second kappa shape index (κ2) is 7.75. The van der Waals surface area contributed by atoms with Crippen LogP contribution in [0.5, 0.6) is 0 Å². The Morgan fingerprint density at radius 3 is 2.76 bits per heavy atom. The fourth-order valence-electron chi connectivity index (χ4n) is 3.35. The van der Waals surface area contributed by atoms with Gasteiger partial charge in [-0.05, 0) is 31.0 Å². The summed E-state index contributed by atoms with van der Waals surface area (Å²) in [5, 5.41) is 3.81. The monoisotopic (exact) mass is 399 g/mol. The quantitative estimate of drug-likeness (QED) is 0.537. The van der Waals surface area contributed by atoms with Crippen molar-refractivity contribution in [2.45, 2.75) is 45.3 Å². The fraction of sp³-hybridized carbons (Fsp3) is 0.450. The zero-order valence-electron chi connectivity index (χ0n) is 16.2. The smallest absolute Gasteiger partial charge is 0.338 e. The molecule has 1 atom stereocenters. The Morgan fingerprint density at radius 2 is 2.07 bits per heavy atom. The normalized spacial score (nSPS) is 18.6. The Kier molecular flexibility index (Phi) is 5.14. The number of carbonyl (C=O) groups excluding carboxylic acids is 3. The molecule has 2 aliphatic rings. The molecule has 29 heavy (non-hydrogen) atoms. The first-order chi connectivity index (χ1) is 13.9. The van der Waals surface area contributed by atoms with Crippen molar-refractivity contribution in [3.63, 3.8) is 0 Å². The average Bonchev–Trinajstić information content (AvgIpc) is 3.44. The summed E-state index contributed by atoms with van der Waals surface area (Å²) in [6.45, 7) is 4.54. The molecule has 4 rings (SSSR count). The highest BCUT2D eigenvalue weighted by Gasteiger charge is 2.38. The molecule has 2 aliphatic heterocycles. The molecule has 0 radical (unpaired) electrons. The Labute approximate surface area is 167 Å². The summed E-state index contributed by atoms with van der Waals surface area (Å²) in [5.41, 5.74) is 0.651. The van der Waals surface area contributed by atoms with Gasteiger partial charge in [0.2, 0.25) is 0 Å². The predicted octanol–water partition coefficient (Wildman–Crippen LogP) is 2.33. The summed E-state index contributed by atoms with van der Waals surface area (Å²) in [4.78, 5) is 42.9. The molecule has 9 nitrogen and oxygen atoms in total. The van der Waals surface area contributed by atoms with Gasteiger partial charge in [-0.1, -0.05) is 19.0 Å². The van der Waals surface area contributed by atoms with Gasteiger partial charge in [0.1, 0.15) is 0 Å². The van der Waals surface area contributed by atoms with Crippen molar-refractivity contribution in [3.8, 4) is 0 Å². The second-order valence-corrected chi connectivity index (χ2v) is 7.39. The van der Waals surface area contributed by atoms with Gasteiger partial charge in [0.05, 0.1) is 29.3 Å². The molecule has 0 saturated carbocycles. The standard InChI is InChI=1S/C20H21N3O6/c1-11(2)17-21-16(29-22-17)10-28-20(26)12-5-6-14-15(8-12)19(25)23(18(14)24)9-13-4-3-7-27-13/h5-6,8,11,13H,3-4,7,9-10H2,1-2H3. The zero-order valence-corrected chi connectivity index (χ0v) is 16.2. The number of rotatable bonds is 6. The zero-order chi connectivity index (χ0) is 20.5. The number of carbonyl (C=O) groups is 3. The first-order valence-corrected chi connectivity index (χ1v) is 9.55. The molecule has 152 valence electrons. The molecule has 1 fully saturated rings. The van der Waals surface area contributed by atoms with E-state index >= 15 is 0 Å². The number of benzene rings is 1. The number of nitrogens with zero attached hydrogens (tertiary/aromatic N) is 3. The fourth-order valence-corrected chi connectivity index (χ4v) is 3.35. The van der Waals surface area contributed by atoms with Gasteiger partial charge in [-0.15, -0.1) is 0 Å². The van der Waals surface area contributed by atoms with E-state index < -0.39 is 11.9 Å². The van der Waals surface area contributed by atoms with Gasteiger partial charge in [-0.2, -0.15) is 4.98 Å². The van der Waals surface area contributed by atoms with Gasteiger partial charge in [0.15, 0.2) is 12.4 Å². The Hall–Kier alpha value is -3.07. The number of esters is 1. The SMILES string of the molecule is CC(C)c1noc(COC(=O)c2ccc3c(c2)C(=O)N(CC2CCCO2)C3=O)n1. The van der Waals surface area contributed by atoms with E-state index in [4.69, 9.17) is 14.0 Å². The van der Waals surface area contributed by atoms with Crippen LogP contribution in [0.1, 0.15) is 75.4 Å². The molecule has 0 spiro atoms. The molecule has 1 saturated heterocycles. The van der Waals surface area contributed by atoms with E-state index in [1.54, 1.807) is 0 Å². The van der Waals surface area contributed by atoms with Gasteiger partial charge in [-0.25, -0.2) is 4.79 Å². The van der Waals surface area contributed by atoms with Crippen molar-refractivity contribution >= 4 is 17.8 Å². The van der Waals surface area contributed by atoms with E-state index in [1.165, 1.54) is 23.1 Å². The summed E-state index contributed by atoms with van der Waals surface area (Å²) in [7, 11) is 0. The van der Waals surface area contributed by atoms with Crippen LogP contribution >= 0.6 is 0 Å². The topological polar surface area (TPSA) is 112 Å². The maximum Gasteiger partial charge on any atom is 0.338 e. The largest absolute Gasteiger partial charge is 0.452 e. The number of hydrogen-bond donors (Lipinski definition) is 0. The van der Waals surface area contributed by atoms with Gasteiger partial charge >= 0.3 is 5.97 Å². The molecule has 1 unspecified atom stereocenters. The van der Waals surface area contributed by atoms with Crippen molar-refractivity contribution < 1.29 is 28.4 Å². The Morgan fingerprint density at radius 1 is 1.28 bits per heavy atom. The lowest BCUT2D eigenvalue weighted by Crippen LogP contribution is -2.36. The van der Waals surface area contributed by atoms with E-state index in [0.29, 0.717) is 12.4 Å². The van der Waals surface area contributed by atoms with Crippen LogP contribution in [0, 0.1) is 0 Å². The first-order valence-electron chi connectivity index (χ1n) is 9.55. The summed E-state index contributed by atoms with van der Waals surface area (Å²) in [6.07, 6.45) is 1.61. The summed E-state index contributed by atoms with van der Waals surface area (Å²) in [5.74, 6) is -0.613. The van der Waals surface area contributed by atoms with Gasteiger partial charge in [0, 0.05) is 12.5 Å². The highest BCUT2D eigenvalue weighted by Crippen LogP contribution is 2.26. The lowest BCUT2D eigenvalue weighted by atomic mass is 10.1. The number of aromatic nitrogens is 2. The van der Waals surface area contributed by atoms with Crippen molar-refractivity contribution in [2.75, 3.05) is 13.2 Å². The first kappa shape index (κ1) is 19.3. The Bertz CT molecular complexity index is 961. The number of imide groups is 1. The highest BCUT2D eigenvalue weighted by molar-refractivity contribution is 6.22. The van der Waals surface area contributed by atoms with Crippen LogP contribution in [-0.4, -0.2) is 52.1 Å². The number of amides is 2. The van der Waals surface area contributed by atoms with Crippen LogP contribution in [0.2, 0.25) is 0 Å². The van der Waals surface area contributed by atoms with Crippen molar-refractivity contribution in [3.05, 3.63) is 46.6 Å². The number of ether oxygens (including phenoxy) is 2. The van der Waals surface area contributed by atoms with Gasteiger partial charge in [0.25, 0.3) is 17.7 Å². The van der Waals surface area contributed by atoms with E-state index in [9.17, 15) is 14.4 Å². The number of fused-ring (bicyclic) bond motifs is 1. The van der Waals surface area contributed by atoms with Crippen LogP contribution < -0.4 is 0 Å².